The zero-order valence-electron chi connectivity index (χ0n) is 8.14. The Labute approximate surface area is 95.0 Å². The number of carbonyl (C=O) groups is 1. The maximum atomic E-state index is 12.8. The second-order valence-corrected chi connectivity index (χ2v) is 3.84. The molecule has 0 radical (unpaired) electrons. The fraction of sp³-hybridized carbons (Fsp3) is 0.300. The minimum absolute atomic E-state index is 0.150. The number of nitrogens with zero attached hydrogens (tertiary/aromatic N) is 1. The summed E-state index contributed by atoms with van der Waals surface area (Å²) < 4.78 is 25.4. The summed E-state index contributed by atoms with van der Waals surface area (Å²) in [6.45, 7) is 0.512. The Kier molecular flexibility index (Phi) is 4.20. The zero-order valence-corrected chi connectivity index (χ0v) is 9.72. The predicted molar refractivity (Wildman–Crippen MR) is 57.1 cm³/mol. The summed E-state index contributed by atoms with van der Waals surface area (Å²) >= 11 is 3.19. The van der Waals surface area contributed by atoms with E-state index >= 15 is 0 Å². The topological polar surface area (TPSA) is 20.3 Å². The molecule has 0 aliphatic rings. The lowest BCUT2D eigenvalue weighted by Gasteiger charge is -2.15. The van der Waals surface area contributed by atoms with Gasteiger partial charge in [-0.15, -0.1) is 0 Å². The lowest BCUT2D eigenvalue weighted by atomic mass is 10.2. The summed E-state index contributed by atoms with van der Waals surface area (Å²) in [4.78, 5) is 13.0. The van der Waals surface area contributed by atoms with Crippen LogP contribution in [0, 0.1) is 11.6 Å². The minimum atomic E-state index is -1.01. The number of hydrogen-bond acceptors (Lipinski definition) is 1. The number of hydrogen-bond donors (Lipinski definition) is 0. The highest BCUT2D eigenvalue weighted by Crippen LogP contribution is 2.10. The van der Waals surface area contributed by atoms with Crippen molar-refractivity contribution < 1.29 is 13.6 Å². The second kappa shape index (κ2) is 5.21. The molecule has 0 atom stereocenters. The van der Waals surface area contributed by atoms with Crippen LogP contribution in [0.15, 0.2) is 18.2 Å². The zero-order chi connectivity index (χ0) is 11.4. The van der Waals surface area contributed by atoms with E-state index in [1.807, 2.05) is 0 Å². The monoisotopic (exact) mass is 277 g/mol. The average Bonchev–Trinajstić information content (AvgIpc) is 2.21. The molecule has 1 rings (SSSR count). The van der Waals surface area contributed by atoms with Crippen LogP contribution in [0.1, 0.15) is 10.4 Å². The van der Waals surface area contributed by atoms with Crippen molar-refractivity contribution in [3.63, 3.8) is 0 Å². The Balaban J connectivity index is 2.87. The molecule has 82 valence electrons. The maximum Gasteiger partial charge on any atom is 0.253 e. The summed E-state index contributed by atoms with van der Waals surface area (Å²) in [6.07, 6.45) is 0. The molecule has 0 heterocycles. The third-order valence-electron chi connectivity index (χ3n) is 1.93. The van der Waals surface area contributed by atoms with Gasteiger partial charge in [-0.3, -0.25) is 4.79 Å². The minimum Gasteiger partial charge on any atom is -0.341 e. The van der Waals surface area contributed by atoms with E-state index in [2.05, 4.69) is 15.9 Å². The summed E-state index contributed by atoms with van der Waals surface area (Å²) in [6, 6.07) is 3.12. The molecule has 0 spiro atoms. The van der Waals surface area contributed by atoms with E-state index in [0.717, 1.165) is 12.1 Å². The van der Waals surface area contributed by atoms with E-state index in [1.54, 1.807) is 7.05 Å². The predicted octanol–water partition coefficient (Wildman–Crippen LogP) is 2.43. The number of alkyl halides is 1. The third-order valence-corrected chi connectivity index (χ3v) is 2.29. The van der Waals surface area contributed by atoms with Gasteiger partial charge in [0.05, 0.1) is 0 Å². The van der Waals surface area contributed by atoms with Gasteiger partial charge in [-0.1, -0.05) is 15.9 Å². The third kappa shape index (κ3) is 2.99. The quantitative estimate of drug-likeness (QED) is 0.778. The highest BCUT2D eigenvalue weighted by atomic mass is 79.9. The Morgan fingerprint density at radius 3 is 2.60 bits per heavy atom. The molecule has 2 nitrogen and oxygen atoms in total. The number of amides is 1. The van der Waals surface area contributed by atoms with Crippen molar-refractivity contribution in [1.29, 1.82) is 0 Å². The Hall–Kier alpha value is -0.970. The number of carbonyl (C=O) groups excluding carboxylic acids is 1. The van der Waals surface area contributed by atoms with Crippen molar-refractivity contribution in [2.75, 3.05) is 18.9 Å². The Morgan fingerprint density at radius 2 is 2.07 bits per heavy atom. The van der Waals surface area contributed by atoms with E-state index in [4.69, 9.17) is 0 Å². The smallest absolute Gasteiger partial charge is 0.253 e. The van der Waals surface area contributed by atoms with Gasteiger partial charge in [0.15, 0.2) is 11.6 Å². The lowest BCUT2D eigenvalue weighted by molar-refractivity contribution is 0.0803. The molecule has 0 bridgehead atoms. The molecule has 1 aromatic rings. The molecule has 1 amide bonds. The normalized spacial score (nSPS) is 10.1. The van der Waals surface area contributed by atoms with Gasteiger partial charge in [-0.25, -0.2) is 8.78 Å². The van der Waals surface area contributed by atoms with Crippen LogP contribution >= 0.6 is 15.9 Å². The van der Waals surface area contributed by atoms with Gasteiger partial charge in [-0.2, -0.15) is 0 Å². The van der Waals surface area contributed by atoms with Gasteiger partial charge in [0.2, 0.25) is 0 Å². The fourth-order valence-electron chi connectivity index (χ4n) is 1.08. The van der Waals surface area contributed by atoms with Crippen LogP contribution in [0.2, 0.25) is 0 Å². The van der Waals surface area contributed by atoms with Crippen molar-refractivity contribution >= 4 is 21.8 Å². The van der Waals surface area contributed by atoms with Crippen LogP contribution in [0.4, 0.5) is 8.78 Å². The standard InChI is InChI=1S/C10H10BrF2NO/c1-14(5-4-11)10(15)7-2-3-8(12)9(13)6-7/h2-3,6H,4-5H2,1H3. The van der Waals surface area contributed by atoms with Gasteiger partial charge >= 0.3 is 0 Å². The summed E-state index contributed by atoms with van der Waals surface area (Å²) in [7, 11) is 1.60. The number of benzene rings is 1. The molecule has 0 saturated carbocycles. The molecular weight excluding hydrogens is 268 g/mol. The molecule has 0 aliphatic carbocycles. The Bertz CT molecular complexity index is 370. The molecule has 0 aromatic heterocycles. The van der Waals surface area contributed by atoms with Gasteiger partial charge in [0.1, 0.15) is 0 Å². The largest absolute Gasteiger partial charge is 0.341 e. The first-order valence-electron chi connectivity index (χ1n) is 4.32. The SMILES string of the molecule is CN(CCBr)C(=O)c1ccc(F)c(F)c1. The molecule has 0 fully saturated rings. The Morgan fingerprint density at radius 1 is 1.40 bits per heavy atom. The molecule has 1 aromatic carbocycles. The van der Waals surface area contributed by atoms with E-state index in [1.165, 1.54) is 11.0 Å². The summed E-state index contributed by atoms with van der Waals surface area (Å²) in [5, 5.41) is 0.638. The van der Waals surface area contributed by atoms with Gasteiger partial charge < -0.3 is 4.90 Å². The molecule has 0 unspecified atom stereocenters. The summed E-state index contributed by atoms with van der Waals surface area (Å²) in [5.41, 5.74) is 0.150. The maximum absolute atomic E-state index is 12.8. The lowest BCUT2D eigenvalue weighted by Crippen LogP contribution is -2.28. The highest BCUT2D eigenvalue weighted by Gasteiger charge is 2.13. The van der Waals surface area contributed by atoms with E-state index < -0.39 is 11.6 Å². The molecule has 15 heavy (non-hydrogen) atoms. The van der Waals surface area contributed by atoms with Crippen LogP contribution in [-0.4, -0.2) is 29.7 Å². The van der Waals surface area contributed by atoms with E-state index in [9.17, 15) is 13.6 Å². The van der Waals surface area contributed by atoms with Crippen molar-refractivity contribution in [1.82, 2.24) is 4.90 Å². The van der Waals surface area contributed by atoms with Crippen molar-refractivity contribution in [2.45, 2.75) is 0 Å². The van der Waals surface area contributed by atoms with Crippen LogP contribution in [0.25, 0.3) is 0 Å². The number of rotatable bonds is 3. The average molecular weight is 278 g/mol. The van der Waals surface area contributed by atoms with Gasteiger partial charge in [0.25, 0.3) is 5.91 Å². The highest BCUT2D eigenvalue weighted by molar-refractivity contribution is 9.09. The van der Waals surface area contributed by atoms with E-state index in [0.29, 0.717) is 11.9 Å². The number of halogens is 3. The summed E-state index contributed by atoms with van der Waals surface area (Å²) in [5.74, 6) is -2.28. The molecule has 0 aliphatic heterocycles. The van der Waals surface area contributed by atoms with E-state index in [-0.39, 0.29) is 11.5 Å². The second-order valence-electron chi connectivity index (χ2n) is 3.04. The van der Waals surface area contributed by atoms with Crippen molar-refractivity contribution in [3.8, 4) is 0 Å². The molecular formula is C10H10BrF2NO. The first-order chi connectivity index (χ1) is 7.06. The van der Waals surface area contributed by atoms with Crippen LogP contribution in [0.3, 0.4) is 0 Å². The van der Waals surface area contributed by atoms with Crippen LogP contribution in [0.5, 0.6) is 0 Å². The molecule has 5 heteroatoms. The van der Waals surface area contributed by atoms with Crippen LogP contribution < -0.4 is 0 Å². The van der Waals surface area contributed by atoms with Crippen LogP contribution in [-0.2, 0) is 0 Å². The van der Waals surface area contributed by atoms with Crippen molar-refractivity contribution in [2.24, 2.45) is 0 Å². The first kappa shape index (κ1) is 12.1. The van der Waals surface area contributed by atoms with Gasteiger partial charge in [-0.05, 0) is 18.2 Å². The fourth-order valence-corrected chi connectivity index (χ4v) is 1.61. The first-order valence-corrected chi connectivity index (χ1v) is 5.45. The molecule has 0 saturated heterocycles. The van der Waals surface area contributed by atoms with Crippen molar-refractivity contribution in [3.05, 3.63) is 35.4 Å². The van der Waals surface area contributed by atoms with Gasteiger partial charge in [0, 0.05) is 24.5 Å². The molecule has 0 N–H and O–H groups in total.